The quantitative estimate of drug-likeness (QED) is 0.505. The number of fused-ring (bicyclic) bond motifs is 1. The van der Waals surface area contributed by atoms with Crippen LogP contribution >= 0.6 is 0 Å². The van der Waals surface area contributed by atoms with E-state index in [9.17, 15) is 14.9 Å². The third-order valence-corrected chi connectivity index (χ3v) is 3.57. The smallest absolute Gasteiger partial charge is 0.271 e. The zero-order valence-electron chi connectivity index (χ0n) is 13.8. The lowest BCUT2D eigenvalue weighted by Gasteiger charge is -2.01. The average molecular weight is 353 g/mol. The summed E-state index contributed by atoms with van der Waals surface area (Å²) >= 11 is 0. The molecule has 0 unspecified atom stereocenters. The lowest BCUT2D eigenvalue weighted by Crippen LogP contribution is -2.18. The number of amides is 1. The number of nitrogens with zero attached hydrogens (tertiary/aromatic N) is 2. The number of hydrazone groups is 1. The molecule has 0 radical (unpaired) electrons. The van der Waals surface area contributed by atoms with Crippen molar-refractivity contribution in [2.75, 3.05) is 6.79 Å². The van der Waals surface area contributed by atoms with Gasteiger partial charge in [0.2, 0.25) is 6.79 Å². The Bertz CT molecular complexity index is 921. The fraction of sp³-hybridized carbons (Fsp3) is 0.111. The van der Waals surface area contributed by atoms with Gasteiger partial charge in [0, 0.05) is 17.7 Å². The molecule has 2 aromatic rings. The van der Waals surface area contributed by atoms with Gasteiger partial charge < -0.3 is 9.47 Å². The Morgan fingerprint density at radius 3 is 2.85 bits per heavy atom. The van der Waals surface area contributed by atoms with E-state index >= 15 is 0 Å². The summed E-state index contributed by atoms with van der Waals surface area (Å²) in [6.07, 6.45) is 3.55. The summed E-state index contributed by atoms with van der Waals surface area (Å²) in [5, 5.41) is 14.7. The van der Waals surface area contributed by atoms with Gasteiger partial charge in [0.25, 0.3) is 11.6 Å². The topological polar surface area (TPSA) is 103 Å². The number of carbonyl (C=O) groups excluding carboxylic acids is 1. The molecule has 26 heavy (non-hydrogen) atoms. The first-order chi connectivity index (χ1) is 12.5. The second kappa shape index (κ2) is 7.47. The summed E-state index contributed by atoms with van der Waals surface area (Å²) in [7, 11) is 0. The number of benzene rings is 2. The molecule has 132 valence electrons. The molecular formula is C18H15N3O5. The van der Waals surface area contributed by atoms with Crippen LogP contribution in [0.5, 0.6) is 11.5 Å². The molecule has 0 saturated carbocycles. The molecule has 2 aromatic carbocycles. The maximum Gasteiger partial charge on any atom is 0.271 e. The number of non-ortho nitro benzene ring substituents is 1. The van der Waals surface area contributed by atoms with Crippen molar-refractivity contribution in [3.05, 3.63) is 69.8 Å². The van der Waals surface area contributed by atoms with E-state index in [1.165, 1.54) is 24.3 Å². The zero-order chi connectivity index (χ0) is 18.5. The molecule has 1 aliphatic rings. The van der Waals surface area contributed by atoms with Crippen molar-refractivity contribution >= 4 is 23.4 Å². The van der Waals surface area contributed by atoms with Crippen molar-refractivity contribution in [1.29, 1.82) is 0 Å². The molecule has 0 aromatic heterocycles. The minimum Gasteiger partial charge on any atom is -0.454 e. The summed E-state index contributed by atoms with van der Waals surface area (Å²) in [6, 6.07) is 11.0. The largest absolute Gasteiger partial charge is 0.454 e. The van der Waals surface area contributed by atoms with Crippen LogP contribution in [-0.2, 0) is 0 Å². The Morgan fingerprint density at radius 2 is 2.04 bits per heavy atom. The van der Waals surface area contributed by atoms with Gasteiger partial charge in [0.05, 0.1) is 10.6 Å². The highest BCUT2D eigenvalue weighted by atomic mass is 16.7. The number of nitrogens with one attached hydrogen (secondary N) is 1. The standard InChI is InChI=1S/C18H15N3O5/c1-12(5-6-13-7-8-16-17(9-13)26-11-25-16)19-20-18(22)14-3-2-4-15(10-14)21(23)24/h2-10H,11H2,1H3,(H,20,22)/b6-5+,19-12?. The van der Waals surface area contributed by atoms with Gasteiger partial charge in [-0.15, -0.1) is 0 Å². The van der Waals surface area contributed by atoms with Crippen molar-refractivity contribution in [2.24, 2.45) is 5.10 Å². The minimum atomic E-state index is -0.556. The summed E-state index contributed by atoms with van der Waals surface area (Å²) in [6.45, 7) is 1.93. The Balaban J connectivity index is 1.63. The van der Waals surface area contributed by atoms with Gasteiger partial charge in [0.15, 0.2) is 11.5 Å². The Kier molecular flexibility index (Phi) is 4.93. The zero-order valence-corrected chi connectivity index (χ0v) is 13.8. The third kappa shape index (κ3) is 4.04. The number of ether oxygens (including phenoxy) is 2. The van der Waals surface area contributed by atoms with Crippen molar-refractivity contribution in [3.8, 4) is 11.5 Å². The Morgan fingerprint density at radius 1 is 1.23 bits per heavy atom. The van der Waals surface area contributed by atoms with E-state index in [-0.39, 0.29) is 18.0 Å². The van der Waals surface area contributed by atoms with Crippen LogP contribution < -0.4 is 14.9 Å². The van der Waals surface area contributed by atoms with E-state index in [1.54, 1.807) is 13.0 Å². The molecule has 0 fully saturated rings. The number of hydrogen-bond donors (Lipinski definition) is 1. The maximum absolute atomic E-state index is 12.0. The van der Waals surface area contributed by atoms with Crippen LogP contribution in [0.25, 0.3) is 6.08 Å². The summed E-state index contributed by atoms with van der Waals surface area (Å²) in [5.74, 6) is 0.863. The predicted octanol–water partition coefficient (Wildman–Crippen LogP) is 3.14. The molecule has 0 bridgehead atoms. The van der Waals surface area contributed by atoms with E-state index in [4.69, 9.17) is 9.47 Å². The van der Waals surface area contributed by atoms with Crippen LogP contribution in [0.1, 0.15) is 22.8 Å². The molecule has 8 nitrogen and oxygen atoms in total. The fourth-order valence-electron chi connectivity index (χ4n) is 2.24. The predicted molar refractivity (Wildman–Crippen MR) is 95.3 cm³/mol. The second-order valence-corrected chi connectivity index (χ2v) is 5.45. The molecule has 8 heteroatoms. The molecule has 1 amide bonds. The molecule has 0 spiro atoms. The molecule has 1 heterocycles. The molecule has 0 aliphatic carbocycles. The lowest BCUT2D eigenvalue weighted by molar-refractivity contribution is -0.384. The van der Waals surface area contributed by atoms with E-state index in [2.05, 4.69) is 10.5 Å². The highest BCUT2D eigenvalue weighted by Gasteiger charge is 2.12. The van der Waals surface area contributed by atoms with E-state index in [0.29, 0.717) is 17.2 Å². The van der Waals surface area contributed by atoms with E-state index in [0.717, 1.165) is 5.56 Å². The van der Waals surface area contributed by atoms with Crippen LogP contribution in [0.15, 0.2) is 53.6 Å². The van der Waals surface area contributed by atoms with Crippen LogP contribution in [0.3, 0.4) is 0 Å². The molecule has 0 saturated heterocycles. The van der Waals surface area contributed by atoms with Crippen molar-refractivity contribution < 1.29 is 19.2 Å². The molecule has 3 rings (SSSR count). The van der Waals surface area contributed by atoms with E-state index < -0.39 is 10.8 Å². The Labute approximate surface area is 148 Å². The van der Waals surface area contributed by atoms with E-state index in [1.807, 2.05) is 24.3 Å². The van der Waals surface area contributed by atoms with Crippen molar-refractivity contribution in [1.82, 2.24) is 5.43 Å². The summed E-state index contributed by atoms with van der Waals surface area (Å²) in [5.41, 5.74) is 3.84. The van der Waals surface area contributed by atoms with Gasteiger partial charge in [-0.3, -0.25) is 14.9 Å². The molecular weight excluding hydrogens is 338 g/mol. The Hall–Kier alpha value is -3.68. The monoisotopic (exact) mass is 353 g/mol. The van der Waals surface area contributed by atoms with Crippen LogP contribution in [0.2, 0.25) is 0 Å². The van der Waals surface area contributed by atoms with Crippen molar-refractivity contribution in [2.45, 2.75) is 6.92 Å². The first-order valence-electron chi connectivity index (χ1n) is 7.70. The number of nitro groups is 1. The lowest BCUT2D eigenvalue weighted by atomic mass is 10.2. The van der Waals surface area contributed by atoms with Gasteiger partial charge in [-0.1, -0.05) is 18.2 Å². The fourth-order valence-corrected chi connectivity index (χ4v) is 2.24. The van der Waals surface area contributed by atoms with Gasteiger partial charge >= 0.3 is 0 Å². The first kappa shape index (κ1) is 17.2. The number of rotatable bonds is 5. The number of allylic oxidation sites excluding steroid dienone is 1. The SMILES string of the molecule is CC(/C=C/c1ccc2c(c1)OCO2)=NNC(=O)c1cccc([N+](=O)[O-])c1. The van der Waals surface area contributed by atoms with Crippen LogP contribution in [0.4, 0.5) is 5.69 Å². The van der Waals surface area contributed by atoms with Gasteiger partial charge in [-0.2, -0.15) is 5.10 Å². The number of carbonyl (C=O) groups is 1. The number of nitro benzene ring substituents is 1. The van der Waals surface area contributed by atoms with Crippen molar-refractivity contribution in [3.63, 3.8) is 0 Å². The molecule has 1 N–H and O–H groups in total. The summed E-state index contributed by atoms with van der Waals surface area (Å²) < 4.78 is 10.6. The average Bonchev–Trinajstić information content (AvgIpc) is 3.12. The van der Waals surface area contributed by atoms with Crippen LogP contribution in [0, 0.1) is 10.1 Å². The summed E-state index contributed by atoms with van der Waals surface area (Å²) in [4.78, 5) is 22.2. The van der Waals surface area contributed by atoms with Crippen LogP contribution in [-0.4, -0.2) is 23.3 Å². The molecule has 1 aliphatic heterocycles. The number of hydrogen-bond acceptors (Lipinski definition) is 6. The highest BCUT2D eigenvalue weighted by molar-refractivity contribution is 5.99. The normalized spacial score (nSPS) is 13.0. The highest BCUT2D eigenvalue weighted by Crippen LogP contribution is 2.32. The third-order valence-electron chi connectivity index (χ3n) is 3.57. The maximum atomic E-state index is 12.0. The first-order valence-corrected chi connectivity index (χ1v) is 7.70. The van der Waals surface area contributed by atoms with Gasteiger partial charge in [-0.05, 0) is 36.8 Å². The van der Waals surface area contributed by atoms with Gasteiger partial charge in [0.1, 0.15) is 0 Å². The second-order valence-electron chi connectivity index (χ2n) is 5.45. The minimum absolute atomic E-state index is 0.152. The molecule has 0 atom stereocenters. The van der Waals surface area contributed by atoms with Gasteiger partial charge in [-0.25, -0.2) is 5.43 Å².